The molecule has 2 saturated heterocycles. The van der Waals surface area contributed by atoms with E-state index in [0.29, 0.717) is 44.2 Å². The smallest absolute Gasteiger partial charge is 0.410 e. The molecule has 2 fully saturated rings. The summed E-state index contributed by atoms with van der Waals surface area (Å²) >= 11 is 0. The summed E-state index contributed by atoms with van der Waals surface area (Å²) < 4.78 is 41.2. The number of halogens is 2. The molecule has 0 radical (unpaired) electrons. The average Bonchev–Trinajstić information content (AvgIpc) is 3.23. The molecule has 0 spiro atoms. The van der Waals surface area contributed by atoms with Gasteiger partial charge in [-0.15, -0.1) is 0 Å². The number of amides is 1. The van der Waals surface area contributed by atoms with Crippen molar-refractivity contribution in [1.82, 2.24) is 19.4 Å². The summed E-state index contributed by atoms with van der Waals surface area (Å²) in [6, 6.07) is 3.44. The number of ether oxygens (including phenoxy) is 2. The fraction of sp³-hybridized carbons (Fsp3) is 0.519. The van der Waals surface area contributed by atoms with Crippen molar-refractivity contribution in [3.8, 4) is 5.69 Å². The highest BCUT2D eigenvalue weighted by Gasteiger charge is 2.33. The summed E-state index contributed by atoms with van der Waals surface area (Å²) in [5.41, 5.74) is 1.45. The van der Waals surface area contributed by atoms with Crippen molar-refractivity contribution in [2.24, 2.45) is 0 Å². The highest BCUT2D eigenvalue weighted by molar-refractivity contribution is 5.93. The van der Waals surface area contributed by atoms with Gasteiger partial charge in [-0.25, -0.2) is 23.5 Å². The Morgan fingerprint density at radius 1 is 1.08 bits per heavy atom. The van der Waals surface area contributed by atoms with Gasteiger partial charge in [-0.1, -0.05) is 0 Å². The van der Waals surface area contributed by atoms with Crippen molar-refractivity contribution in [3.05, 3.63) is 47.9 Å². The van der Waals surface area contributed by atoms with Gasteiger partial charge in [0, 0.05) is 51.2 Å². The van der Waals surface area contributed by atoms with Crippen LogP contribution in [0.4, 0.5) is 19.4 Å². The van der Waals surface area contributed by atoms with E-state index in [0.717, 1.165) is 35.7 Å². The second kappa shape index (κ2) is 9.89. The van der Waals surface area contributed by atoms with Crippen LogP contribution in [0.2, 0.25) is 0 Å². The van der Waals surface area contributed by atoms with Crippen LogP contribution in [-0.4, -0.2) is 70.0 Å². The number of rotatable bonds is 3. The van der Waals surface area contributed by atoms with Gasteiger partial charge in [0.15, 0.2) is 0 Å². The minimum atomic E-state index is -0.648. The number of piperazine rings is 1. The van der Waals surface area contributed by atoms with Gasteiger partial charge in [-0.3, -0.25) is 0 Å². The van der Waals surface area contributed by atoms with Crippen LogP contribution >= 0.6 is 0 Å². The lowest BCUT2D eigenvalue weighted by Gasteiger charge is -2.41. The topological polar surface area (TPSA) is 72.7 Å². The maximum absolute atomic E-state index is 14.1. The zero-order valence-corrected chi connectivity index (χ0v) is 21.7. The third kappa shape index (κ3) is 5.25. The average molecular weight is 514 g/mol. The normalized spacial score (nSPS) is 19.5. The Morgan fingerprint density at radius 3 is 2.43 bits per heavy atom. The van der Waals surface area contributed by atoms with Crippen LogP contribution in [0.25, 0.3) is 16.7 Å². The Morgan fingerprint density at radius 2 is 1.78 bits per heavy atom. The number of hydrogen-bond acceptors (Lipinski definition) is 6. The van der Waals surface area contributed by atoms with Crippen molar-refractivity contribution in [2.75, 3.05) is 37.7 Å². The lowest BCUT2D eigenvalue weighted by Crippen LogP contribution is -2.54. The van der Waals surface area contributed by atoms with Crippen molar-refractivity contribution in [2.45, 2.75) is 58.1 Å². The number of nitrogens with zero attached hydrogens (tertiary/aromatic N) is 5. The SMILES string of the molecule is C[C@@H]1CN(C(=O)OC(C)(C)C)CCN1c1ncnc2c1c(C1CCOCC1)cn2-c1cc(F)cc(F)c1. The molecule has 0 N–H and O–H groups in total. The van der Waals surface area contributed by atoms with Crippen LogP contribution in [0.15, 0.2) is 30.7 Å². The first-order valence-electron chi connectivity index (χ1n) is 12.8. The van der Waals surface area contributed by atoms with E-state index in [1.807, 2.05) is 27.0 Å². The van der Waals surface area contributed by atoms with Crippen molar-refractivity contribution < 1.29 is 23.0 Å². The largest absolute Gasteiger partial charge is 0.444 e. The number of anilines is 1. The summed E-state index contributed by atoms with van der Waals surface area (Å²) in [5, 5.41) is 0.872. The first-order valence-corrected chi connectivity index (χ1v) is 12.8. The molecule has 1 aromatic carbocycles. The van der Waals surface area contributed by atoms with Gasteiger partial charge in [0.05, 0.1) is 11.1 Å². The predicted octanol–water partition coefficient (Wildman–Crippen LogP) is 5.04. The van der Waals surface area contributed by atoms with E-state index in [1.54, 1.807) is 9.47 Å². The minimum Gasteiger partial charge on any atom is -0.444 e. The van der Waals surface area contributed by atoms with Crippen LogP contribution in [0.3, 0.4) is 0 Å². The molecule has 0 bridgehead atoms. The predicted molar refractivity (Wildman–Crippen MR) is 136 cm³/mol. The molecule has 4 heterocycles. The number of carbonyl (C=O) groups excluding carboxylic acids is 1. The van der Waals surface area contributed by atoms with Crippen molar-refractivity contribution in [3.63, 3.8) is 0 Å². The van der Waals surface area contributed by atoms with Gasteiger partial charge in [-0.05, 0) is 64.2 Å². The number of fused-ring (bicyclic) bond motifs is 1. The van der Waals surface area contributed by atoms with E-state index in [2.05, 4.69) is 16.8 Å². The zero-order chi connectivity index (χ0) is 26.3. The molecule has 198 valence electrons. The molecule has 3 aromatic rings. The van der Waals surface area contributed by atoms with Crippen molar-refractivity contribution in [1.29, 1.82) is 0 Å². The summed E-state index contributed by atoms with van der Waals surface area (Å²) in [6.45, 7) is 10.5. The molecule has 1 amide bonds. The maximum atomic E-state index is 14.1. The van der Waals surface area contributed by atoms with E-state index < -0.39 is 17.2 Å². The van der Waals surface area contributed by atoms with Gasteiger partial charge in [-0.2, -0.15) is 0 Å². The lowest BCUT2D eigenvalue weighted by atomic mass is 9.91. The van der Waals surface area contributed by atoms with Gasteiger partial charge < -0.3 is 23.8 Å². The lowest BCUT2D eigenvalue weighted by molar-refractivity contribution is 0.0218. The third-order valence-electron chi connectivity index (χ3n) is 6.93. The molecule has 0 saturated carbocycles. The van der Waals surface area contributed by atoms with E-state index in [-0.39, 0.29) is 18.1 Å². The number of aromatic nitrogens is 3. The van der Waals surface area contributed by atoms with Crippen molar-refractivity contribution >= 4 is 22.9 Å². The third-order valence-corrected chi connectivity index (χ3v) is 6.93. The quantitative estimate of drug-likeness (QED) is 0.489. The first kappa shape index (κ1) is 25.4. The molecule has 2 aromatic heterocycles. The highest BCUT2D eigenvalue weighted by Crippen LogP contribution is 2.39. The summed E-state index contributed by atoms with van der Waals surface area (Å²) in [7, 11) is 0. The van der Waals surface area contributed by atoms with Gasteiger partial charge in [0.1, 0.15) is 35.0 Å². The fourth-order valence-corrected chi connectivity index (χ4v) is 5.25. The Labute approximate surface area is 215 Å². The maximum Gasteiger partial charge on any atom is 0.410 e. The number of carbonyl (C=O) groups is 1. The highest BCUT2D eigenvalue weighted by atomic mass is 19.1. The summed E-state index contributed by atoms with van der Waals surface area (Å²) in [4.78, 5) is 25.8. The van der Waals surface area contributed by atoms with Gasteiger partial charge in [0.25, 0.3) is 0 Å². The number of hydrogen-bond donors (Lipinski definition) is 0. The molecule has 37 heavy (non-hydrogen) atoms. The first-order chi connectivity index (χ1) is 17.6. The number of benzene rings is 1. The second-order valence-electron chi connectivity index (χ2n) is 10.8. The Hall–Kier alpha value is -3.27. The fourth-order valence-electron chi connectivity index (χ4n) is 5.25. The van der Waals surface area contributed by atoms with Gasteiger partial charge in [0.2, 0.25) is 0 Å². The molecule has 2 aliphatic rings. The van der Waals surface area contributed by atoms with Gasteiger partial charge >= 0.3 is 6.09 Å². The standard InChI is InChI=1S/C27H33F2N5O3/c1-17-14-32(26(35)37-27(2,3)4)7-8-33(17)24-23-22(18-5-9-36-10-6-18)15-34(25(23)31-16-30-24)21-12-19(28)11-20(29)13-21/h11-13,15-18H,5-10,14H2,1-4H3/t17-/m1/s1. The molecular formula is C27H33F2N5O3. The molecule has 0 aliphatic carbocycles. The molecule has 10 heteroatoms. The molecule has 0 unspecified atom stereocenters. The molecule has 8 nitrogen and oxygen atoms in total. The van der Waals surface area contributed by atoms with Crippen LogP contribution < -0.4 is 4.90 Å². The van der Waals surface area contributed by atoms with E-state index in [9.17, 15) is 13.6 Å². The minimum absolute atomic E-state index is 0.0307. The molecular weight excluding hydrogens is 480 g/mol. The Kier molecular flexibility index (Phi) is 6.78. The Balaban J connectivity index is 1.55. The van der Waals surface area contributed by atoms with Crippen LogP contribution in [0.1, 0.15) is 52.0 Å². The van der Waals surface area contributed by atoms with Crippen LogP contribution in [-0.2, 0) is 9.47 Å². The second-order valence-corrected chi connectivity index (χ2v) is 10.8. The van der Waals surface area contributed by atoms with Crippen LogP contribution in [0.5, 0.6) is 0 Å². The summed E-state index contributed by atoms with van der Waals surface area (Å²) in [5.74, 6) is -0.325. The summed E-state index contributed by atoms with van der Waals surface area (Å²) in [6.07, 6.45) is 4.79. The molecule has 5 rings (SSSR count). The van der Waals surface area contributed by atoms with Crippen LogP contribution in [0, 0.1) is 11.6 Å². The molecule has 1 atom stereocenters. The van der Waals surface area contributed by atoms with E-state index in [1.165, 1.54) is 18.5 Å². The molecule has 2 aliphatic heterocycles. The Bertz CT molecular complexity index is 1280. The zero-order valence-electron chi connectivity index (χ0n) is 21.7. The monoisotopic (exact) mass is 513 g/mol. The van der Waals surface area contributed by atoms with E-state index in [4.69, 9.17) is 14.5 Å². The van der Waals surface area contributed by atoms with E-state index >= 15 is 0 Å².